The molecular formula is C13H15N3O2S. The van der Waals surface area contributed by atoms with E-state index in [0.717, 1.165) is 5.56 Å². The largest absolute Gasteiger partial charge is 0.465 e. The van der Waals surface area contributed by atoms with Gasteiger partial charge in [-0.3, -0.25) is 5.43 Å². The van der Waals surface area contributed by atoms with Gasteiger partial charge in [-0.25, -0.2) is 4.79 Å². The van der Waals surface area contributed by atoms with Crippen LogP contribution in [0.25, 0.3) is 0 Å². The number of thiocarbonyl (C=S) groups is 1. The van der Waals surface area contributed by atoms with Gasteiger partial charge in [-0.1, -0.05) is 18.2 Å². The number of hydrazone groups is 1. The fourth-order valence-corrected chi connectivity index (χ4v) is 1.33. The van der Waals surface area contributed by atoms with E-state index >= 15 is 0 Å². The summed E-state index contributed by atoms with van der Waals surface area (Å²) in [7, 11) is 1.35. The maximum Gasteiger partial charge on any atom is 0.337 e. The van der Waals surface area contributed by atoms with Gasteiger partial charge in [0, 0.05) is 6.54 Å². The Morgan fingerprint density at radius 3 is 2.74 bits per heavy atom. The quantitative estimate of drug-likeness (QED) is 0.280. The van der Waals surface area contributed by atoms with Crippen molar-refractivity contribution in [3.05, 3.63) is 48.0 Å². The predicted octanol–water partition coefficient (Wildman–Crippen LogP) is 1.46. The summed E-state index contributed by atoms with van der Waals surface area (Å²) in [6.45, 7) is 4.14. The van der Waals surface area contributed by atoms with Crippen LogP contribution in [0.3, 0.4) is 0 Å². The highest BCUT2D eigenvalue weighted by atomic mass is 32.1. The van der Waals surface area contributed by atoms with Gasteiger partial charge >= 0.3 is 5.97 Å². The summed E-state index contributed by atoms with van der Waals surface area (Å²) in [5.74, 6) is -0.364. The molecule has 0 unspecified atom stereocenters. The van der Waals surface area contributed by atoms with Crippen LogP contribution in [0, 0.1) is 0 Å². The number of nitrogens with one attached hydrogen (secondary N) is 2. The Labute approximate surface area is 117 Å². The highest BCUT2D eigenvalue weighted by molar-refractivity contribution is 7.80. The monoisotopic (exact) mass is 277 g/mol. The first-order chi connectivity index (χ1) is 9.17. The van der Waals surface area contributed by atoms with E-state index in [-0.39, 0.29) is 5.97 Å². The second-order valence-electron chi connectivity index (χ2n) is 3.48. The van der Waals surface area contributed by atoms with Crippen LogP contribution in [0.5, 0.6) is 0 Å². The summed E-state index contributed by atoms with van der Waals surface area (Å²) in [5, 5.41) is 7.26. The molecule has 0 bridgehead atoms. The number of hydrogen-bond acceptors (Lipinski definition) is 4. The van der Waals surface area contributed by atoms with Gasteiger partial charge in [0.2, 0.25) is 0 Å². The molecule has 5 nitrogen and oxygen atoms in total. The van der Waals surface area contributed by atoms with Crippen LogP contribution >= 0.6 is 12.2 Å². The Hall–Kier alpha value is -2.21. The zero-order chi connectivity index (χ0) is 14.1. The van der Waals surface area contributed by atoms with E-state index in [1.54, 1.807) is 36.6 Å². The summed E-state index contributed by atoms with van der Waals surface area (Å²) in [6, 6.07) is 6.86. The third-order valence-corrected chi connectivity index (χ3v) is 2.35. The molecule has 0 fully saturated rings. The third-order valence-electron chi connectivity index (χ3n) is 2.12. The van der Waals surface area contributed by atoms with Crippen LogP contribution < -0.4 is 10.7 Å². The Kier molecular flexibility index (Phi) is 6.25. The topological polar surface area (TPSA) is 62.7 Å². The average molecular weight is 277 g/mol. The third kappa shape index (κ3) is 5.31. The molecule has 0 radical (unpaired) electrons. The molecule has 0 saturated heterocycles. The molecule has 0 aliphatic rings. The molecule has 0 atom stereocenters. The highest BCUT2D eigenvalue weighted by Gasteiger charge is 2.03. The summed E-state index contributed by atoms with van der Waals surface area (Å²) in [6.07, 6.45) is 3.30. The lowest BCUT2D eigenvalue weighted by Crippen LogP contribution is -2.31. The van der Waals surface area contributed by atoms with Gasteiger partial charge in [-0.15, -0.1) is 6.58 Å². The minimum Gasteiger partial charge on any atom is -0.465 e. The summed E-state index contributed by atoms with van der Waals surface area (Å²) in [5.41, 5.74) is 4.00. The molecule has 0 amide bonds. The van der Waals surface area contributed by atoms with Crippen molar-refractivity contribution >= 4 is 29.5 Å². The Balaban J connectivity index is 2.51. The molecule has 0 aliphatic heterocycles. The number of methoxy groups -OCH3 is 1. The van der Waals surface area contributed by atoms with Crippen molar-refractivity contribution in [1.29, 1.82) is 0 Å². The van der Waals surface area contributed by atoms with E-state index in [1.807, 2.05) is 0 Å². The smallest absolute Gasteiger partial charge is 0.337 e. The maximum absolute atomic E-state index is 11.2. The lowest BCUT2D eigenvalue weighted by molar-refractivity contribution is 0.0601. The second kappa shape index (κ2) is 7.99. The number of rotatable bonds is 5. The van der Waals surface area contributed by atoms with Gasteiger partial charge in [-0.05, 0) is 29.9 Å². The normalized spacial score (nSPS) is 9.95. The molecule has 0 aliphatic carbocycles. The zero-order valence-electron chi connectivity index (χ0n) is 10.6. The number of nitrogens with zero attached hydrogens (tertiary/aromatic N) is 1. The number of hydrogen-bond donors (Lipinski definition) is 2. The first kappa shape index (κ1) is 14.8. The standard InChI is InChI=1S/C13H15N3O2S/c1-3-8-14-13(19)16-15-9-10-4-6-11(7-5-10)12(17)18-2/h3-7,9H,1,8H2,2H3,(H2,14,16,19)/b15-9-. The van der Waals surface area contributed by atoms with Crippen molar-refractivity contribution in [3.8, 4) is 0 Å². The van der Waals surface area contributed by atoms with Gasteiger partial charge in [0.05, 0.1) is 18.9 Å². The SMILES string of the molecule is C=CCNC(=S)N/N=C\c1ccc(C(=O)OC)cc1. The van der Waals surface area contributed by atoms with Crippen LogP contribution in [-0.4, -0.2) is 31.0 Å². The van der Waals surface area contributed by atoms with Crippen molar-refractivity contribution in [2.45, 2.75) is 0 Å². The number of esters is 1. The molecule has 0 aromatic heterocycles. The van der Waals surface area contributed by atoms with Crippen LogP contribution in [0.2, 0.25) is 0 Å². The molecule has 0 saturated carbocycles. The molecule has 0 spiro atoms. The molecule has 2 N–H and O–H groups in total. The lowest BCUT2D eigenvalue weighted by atomic mass is 10.1. The molecule has 100 valence electrons. The fourth-order valence-electron chi connectivity index (χ4n) is 1.19. The van der Waals surface area contributed by atoms with Crippen molar-refractivity contribution in [2.75, 3.05) is 13.7 Å². The lowest BCUT2D eigenvalue weighted by Gasteiger charge is -2.03. The van der Waals surface area contributed by atoms with Gasteiger partial charge in [0.1, 0.15) is 0 Å². The van der Waals surface area contributed by atoms with Crippen LogP contribution in [0.1, 0.15) is 15.9 Å². The van der Waals surface area contributed by atoms with Crippen molar-refractivity contribution in [2.24, 2.45) is 5.10 Å². The number of carbonyl (C=O) groups is 1. The summed E-state index contributed by atoms with van der Waals surface area (Å²) >= 11 is 4.96. The van der Waals surface area contributed by atoms with Crippen LogP contribution in [-0.2, 0) is 4.74 Å². The van der Waals surface area contributed by atoms with Gasteiger partial charge < -0.3 is 10.1 Å². The maximum atomic E-state index is 11.2. The summed E-state index contributed by atoms with van der Waals surface area (Å²) < 4.78 is 4.61. The fraction of sp³-hybridized carbons (Fsp3) is 0.154. The van der Waals surface area contributed by atoms with E-state index in [9.17, 15) is 4.79 Å². The molecule has 1 rings (SSSR count). The first-order valence-electron chi connectivity index (χ1n) is 5.53. The number of benzene rings is 1. The van der Waals surface area contributed by atoms with Gasteiger partial charge in [-0.2, -0.15) is 5.10 Å². The van der Waals surface area contributed by atoms with Crippen molar-refractivity contribution in [3.63, 3.8) is 0 Å². The first-order valence-corrected chi connectivity index (χ1v) is 5.94. The average Bonchev–Trinajstić information content (AvgIpc) is 2.45. The Morgan fingerprint density at radius 2 is 2.16 bits per heavy atom. The second-order valence-corrected chi connectivity index (χ2v) is 3.89. The summed E-state index contributed by atoms with van der Waals surface area (Å²) in [4.78, 5) is 11.2. The van der Waals surface area contributed by atoms with Crippen molar-refractivity contribution < 1.29 is 9.53 Å². The van der Waals surface area contributed by atoms with E-state index in [1.165, 1.54) is 7.11 Å². The van der Waals surface area contributed by atoms with Crippen LogP contribution in [0.15, 0.2) is 42.0 Å². The Morgan fingerprint density at radius 1 is 1.47 bits per heavy atom. The van der Waals surface area contributed by atoms with E-state index in [4.69, 9.17) is 12.2 Å². The number of carbonyl (C=O) groups excluding carboxylic acids is 1. The molecule has 6 heteroatoms. The zero-order valence-corrected chi connectivity index (χ0v) is 11.4. The molecule has 19 heavy (non-hydrogen) atoms. The predicted molar refractivity (Wildman–Crippen MR) is 79.3 cm³/mol. The van der Waals surface area contributed by atoms with E-state index < -0.39 is 0 Å². The Bertz CT molecular complexity index is 483. The molecule has 0 heterocycles. The van der Waals surface area contributed by atoms with Gasteiger partial charge in [0.15, 0.2) is 5.11 Å². The van der Waals surface area contributed by atoms with E-state index in [2.05, 4.69) is 27.2 Å². The van der Waals surface area contributed by atoms with E-state index in [0.29, 0.717) is 17.2 Å². The van der Waals surface area contributed by atoms with Gasteiger partial charge in [0.25, 0.3) is 0 Å². The minimum absolute atomic E-state index is 0.364. The number of ether oxygens (including phenoxy) is 1. The van der Waals surface area contributed by atoms with Crippen molar-refractivity contribution in [1.82, 2.24) is 10.7 Å². The molecular weight excluding hydrogens is 262 g/mol. The van der Waals surface area contributed by atoms with Crippen LogP contribution in [0.4, 0.5) is 0 Å². The minimum atomic E-state index is -0.364. The highest BCUT2D eigenvalue weighted by Crippen LogP contribution is 2.03. The molecule has 1 aromatic carbocycles. The molecule has 1 aromatic rings.